The van der Waals surface area contributed by atoms with E-state index in [2.05, 4.69) is 11.1 Å². The molecule has 0 unspecified atom stereocenters. The van der Waals surface area contributed by atoms with Crippen LogP contribution in [0.15, 0.2) is 35.4 Å². The molecule has 2 aliphatic carbocycles. The van der Waals surface area contributed by atoms with Crippen molar-refractivity contribution in [3.8, 4) is 0 Å². The van der Waals surface area contributed by atoms with Gasteiger partial charge in [0.1, 0.15) is 9.34 Å². The van der Waals surface area contributed by atoms with Crippen LogP contribution in [0.2, 0.25) is 4.34 Å². The van der Waals surface area contributed by atoms with E-state index in [0.717, 1.165) is 49.7 Å². The number of allylic oxidation sites excluding steroid dienone is 2. The first-order valence-electron chi connectivity index (χ1n) is 11.2. The fourth-order valence-corrected chi connectivity index (χ4v) is 7.20. The second-order valence-corrected chi connectivity index (χ2v) is 12.9. The molecule has 5 nitrogen and oxygen atoms in total. The van der Waals surface area contributed by atoms with Gasteiger partial charge in [-0.3, -0.25) is 4.79 Å². The highest BCUT2D eigenvalue weighted by Crippen LogP contribution is 2.46. The number of benzene rings is 1. The summed E-state index contributed by atoms with van der Waals surface area (Å²) in [6.45, 7) is 1.38. The molecule has 0 radical (unpaired) electrons. The molecule has 1 aliphatic heterocycles. The zero-order chi connectivity index (χ0) is 22.3. The van der Waals surface area contributed by atoms with Crippen LogP contribution in [-0.2, 0) is 25.8 Å². The Morgan fingerprint density at radius 1 is 1.16 bits per heavy atom. The van der Waals surface area contributed by atoms with E-state index in [1.807, 2.05) is 12.1 Å². The van der Waals surface area contributed by atoms with Gasteiger partial charge in [-0.1, -0.05) is 23.7 Å². The van der Waals surface area contributed by atoms with E-state index in [1.165, 1.54) is 11.3 Å². The molecular formula is C24H26ClNO4S2. The van der Waals surface area contributed by atoms with Gasteiger partial charge >= 0.3 is 0 Å². The van der Waals surface area contributed by atoms with Gasteiger partial charge < -0.3 is 4.74 Å². The van der Waals surface area contributed by atoms with Gasteiger partial charge in [-0.25, -0.2) is 13.4 Å². The number of ketones is 1. The number of halogens is 1. The molecule has 2 heterocycles. The third-order valence-corrected chi connectivity index (χ3v) is 9.86. The third kappa shape index (κ3) is 4.86. The molecule has 5 rings (SSSR count). The summed E-state index contributed by atoms with van der Waals surface area (Å²) in [6.07, 6.45) is 9.08. The van der Waals surface area contributed by atoms with Gasteiger partial charge in [-0.2, -0.15) is 0 Å². The van der Waals surface area contributed by atoms with Crippen molar-refractivity contribution >= 4 is 44.1 Å². The number of thiazole rings is 1. The predicted molar refractivity (Wildman–Crippen MR) is 126 cm³/mol. The molecule has 8 heteroatoms. The van der Waals surface area contributed by atoms with Crippen LogP contribution < -0.4 is 0 Å². The van der Waals surface area contributed by atoms with Crippen LogP contribution in [0.3, 0.4) is 0 Å². The Bertz CT molecular complexity index is 1160. The topological polar surface area (TPSA) is 73.3 Å². The molecule has 1 aromatic heterocycles. The Hall–Kier alpha value is -1.54. The van der Waals surface area contributed by atoms with E-state index in [1.54, 1.807) is 12.3 Å². The zero-order valence-corrected chi connectivity index (χ0v) is 20.1. The van der Waals surface area contributed by atoms with Crippen LogP contribution in [0, 0.1) is 5.92 Å². The smallest absolute Gasteiger partial charge is 0.181 e. The molecule has 1 saturated heterocycles. The molecule has 1 aromatic carbocycles. The van der Waals surface area contributed by atoms with E-state index >= 15 is 0 Å². The summed E-state index contributed by atoms with van der Waals surface area (Å²) < 4.78 is 32.1. The van der Waals surface area contributed by atoms with Crippen LogP contribution in [0.5, 0.6) is 0 Å². The van der Waals surface area contributed by atoms with E-state index < -0.39 is 9.84 Å². The van der Waals surface area contributed by atoms with Crippen molar-refractivity contribution in [3.63, 3.8) is 0 Å². The highest BCUT2D eigenvalue weighted by Gasteiger charge is 2.40. The molecule has 0 atom stereocenters. The first kappa shape index (κ1) is 22.3. The number of sulfone groups is 1. The number of nitrogens with zero attached hydrogens (tertiary/aromatic N) is 1. The molecule has 2 saturated carbocycles. The standard InChI is InChI=1S/C24H26ClNO4S2/c25-23-14-26-24(31-23)13-21(27)19(11-15-7-9-30-10-8-15)17-3-6-22(20(12-17)16-1-2-16)32(28,29)18-4-5-18/h3,6,11-12,14-16,18H,1-2,4-5,7-10,13H2/b19-11+. The summed E-state index contributed by atoms with van der Waals surface area (Å²) in [5.41, 5.74) is 2.35. The van der Waals surface area contributed by atoms with Gasteiger partial charge in [0, 0.05) is 18.8 Å². The Labute approximate surface area is 197 Å². The first-order valence-corrected chi connectivity index (χ1v) is 14.0. The summed E-state index contributed by atoms with van der Waals surface area (Å²) in [5, 5.41) is 0.451. The monoisotopic (exact) mass is 491 g/mol. The lowest BCUT2D eigenvalue weighted by atomic mass is 9.90. The number of rotatable bonds is 8. The summed E-state index contributed by atoms with van der Waals surface area (Å²) in [4.78, 5) is 18.1. The van der Waals surface area contributed by atoms with Crippen molar-refractivity contribution in [2.45, 2.75) is 61.0 Å². The van der Waals surface area contributed by atoms with Crippen LogP contribution in [0.4, 0.5) is 0 Å². The van der Waals surface area contributed by atoms with Crippen LogP contribution in [0.1, 0.15) is 60.6 Å². The number of hydrogen-bond acceptors (Lipinski definition) is 6. The van der Waals surface area contributed by atoms with E-state index in [0.29, 0.717) is 33.0 Å². The van der Waals surface area contributed by atoms with Crippen molar-refractivity contribution in [1.82, 2.24) is 4.98 Å². The largest absolute Gasteiger partial charge is 0.381 e. The lowest BCUT2D eigenvalue weighted by molar-refractivity contribution is -0.113. The second-order valence-electron chi connectivity index (χ2n) is 8.96. The van der Waals surface area contributed by atoms with Gasteiger partial charge in [-0.05, 0) is 73.6 Å². The Kier molecular flexibility index (Phi) is 6.27. The van der Waals surface area contributed by atoms with Crippen molar-refractivity contribution in [1.29, 1.82) is 0 Å². The first-order chi connectivity index (χ1) is 15.4. The van der Waals surface area contributed by atoms with Crippen molar-refractivity contribution in [3.05, 3.63) is 50.9 Å². The Morgan fingerprint density at radius 3 is 2.53 bits per heavy atom. The molecule has 0 bridgehead atoms. The molecule has 3 fully saturated rings. The lowest BCUT2D eigenvalue weighted by Gasteiger charge is -2.21. The minimum atomic E-state index is -3.28. The average molecular weight is 492 g/mol. The summed E-state index contributed by atoms with van der Waals surface area (Å²) >= 11 is 7.32. The van der Waals surface area contributed by atoms with Gasteiger partial charge in [0.05, 0.1) is 22.8 Å². The fourth-order valence-electron chi connectivity index (χ4n) is 4.32. The lowest BCUT2D eigenvalue weighted by Crippen LogP contribution is -2.16. The molecular weight excluding hydrogens is 466 g/mol. The van der Waals surface area contributed by atoms with Crippen LogP contribution in [0.25, 0.3) is 5.57 Å². The molecule has 0 amide bonds. The minimum absolute atomic E-state index is 0.0120. The highest BCUT2D eigenvalue weighted by molar-refractivity contribution is 7.92. The Balaban J connectivity index is 1.52. The molecule has 0 N–H and O–H groups in total. The third-order valence-electron chi connectivity index (χ3n) is 6.41. The summed E-state index contributed by atoms with van der Waals surface area (Å²) in [5.74, 6) is 0.527. The molecule has 2 aromatic rings. The van der Waals surface area contributed by atoms with E-state index in [-0.39, 0.29) is 29.3 Å². The summed E-state index contributed by atoms with van der Waals surface area (Å²) in [7, 11) is -3.28. The van der Waals surface area contributed by atoms with Gasteiger partial charge in [0.2, 0.25) is 0 Å². The normalized spacial score (nSPS) is 20.5. The molecule has 0 spiro atoms. The van der Waals surface area contributed by atoms with Gasteiger partial charge in [-0.15, -0.1) is 11.3 Å². The van der Waals surface area contributed by atoms with Crippen molar-refractivity contribution in [2.75, 3.05) is 13.2 Å². The number of Topliss-reactive ketones (excluding diaryl/α,β-unsaturated/α-hetero) is 1. The number of ether oxygens (including phenoxy) is 1. The van der Waals surface area contributed by atoms with Crippen LogP contribution >= 0.6 is 22.9 Å². The highest BCUT2D eigenvalue weighted by atomic mass is 35.5. The van der Waals surface area contributed by atoms with Crippen molar-refractivity contribution in [2.24, 2.45) is 5.92 Å². The molecule has 170 valence electrons. The number of carbonyl (C=O) groups excluding carboxylic acids is 1. The minimum Gasteiger partial charge on any atom is -0.381 e. The molecule has 32 heavy (non-hydrogen) atoms. The Morgan fingerprint density at radius 2 is 1.91 bits per heavy atom. The van der Waals surface area contributed by atoms with Gasteiger partial charge in [0.25, 0.3) is 0 Å². The maximum atomic E-state index is 13.4. The second kappa shape index (κ2) is 9.01. The molecule has 3 aliphatic rings. The number of hydrogen-bond donors (Lipinski definition) is 0. The van der Waals surface area contributed by atoms with E-state index in [9.17, 15) is 13.2 Å². The SMILES string of the molecule is O=C(Cc1ncc(Cl)s1)/C(=C/C1CCOCC1)c1ccc(S(=O)(=O)C2CC2)c(C2CC2)c1. The average Bonchev–Trinajstić information content (AvgIpc) is 3.70. The van der Waals surface area contributed by atoms with Crippen LogP contribution in [-0.4, -0.2) is 37.6 Å². The fraction of sp³-hybridized carbons (Fsp3) is 0.500. The maximum Gasteiger partial charge on any atom is 0.181 e. The maximum absolute atomic E-state index is 13.4. The number of carbonyl (C=O) groups is 1. The van der Waals surface area contributed by atoms with E-state index in [4.69, 9.17) is 16.3 Å². The quantitative estimate of drug-likeness (QED) is 0.472. The summed E-state index contributed by atoms with van der Waals surface area (Å²) in [6, 6.07) is 5.52. The number of aromatic nitrogens is 1. The van der Waals surface area contributed by atoms with Crippen molar-refractivity contribution < 1.29 is 17.9 Å². The van der Waals surface area contributed by atoms with Gasteiger partial charge in [0.15, 0.2) is 15.6 Å². The zero-order valence-electron chi connectivity index (χ0n) is 17.8. The predicted octanol–water partition coefficient (Wildman–Crippen LogP) is 5.23.